The predicted octanol–water partition coefficient (Wildman–Crippen LogP) is 4.09. The molecule has 3 heterocycles. The van der Waals surface area contributed by atoms with E-state index in [2.05, 4.69) is 25.9 Å². The van der Waals surface area contributed by atoms with E-state index in [0.29, 0.717) is 38.1 Å². The SMILES string of the molecule is CC(C)(C)OC(=O)N1c2cc(Br)cc(Cl)c2OCc2c(N3CCS(=O)(=O)CC3)ncnc21. The molecule has 2 aliphatic rings. The van der Waals surface area contributed by atoms with Crippen LogP contribution < -0.4 is 14.5 Å². The fourth-order valence-corrected chi connectivity index (χ4v) is 5.57. The van der Waals surface area contributed by atoms with Crippen molar-refractivity contribution in [3.8, 4) is 5.75 Å². The molecule has 0 N–H and O–H groups in total. The quantitative estimate of drug-likeness (QED) is 0.528. The smallest absolute Gasteiger partial charge is 0.420 e. The van der Waals surface area contributed by atoms with E-state index in [4.69, 9.17) is 21.1 Å². The van der Waals surface area contributed by atoms with Gasteiger partial charge in [-0.1, -0.05) is 27.5 Å². The largest absolute Gasteiger partial charge is 0.485 e. The van der Waals surface area contributed by atoms with Gasteiger partial charge in [-0.15, -0.1) is 0 Å². The van der Waals surface area contributed by atoms with E-state index in [-0.39, 0.29) is 31.2 Å². The number of amides is 1. The molecule has 1 saturated heterocycles. The van der Waals surface area contributed by atoms with Gasteiger partial charge in [-0.25, -0.2) is 28.1 Å². The first kappa shape index (κ1) is 23.1. The minimum absolute atomic E-state index is 0.0292. The number of halogens is 2. The molecule has 4 rings (SSSR count). The first-order valence-corrected chi connectivity index (χ1v) is 12.9. The van der Waals surface area contributed by atoms with Gasteiger partial charge in [-0.3, -0.25) is 0 Å². The van der Waals surface area contributed by atoms with Crippen molar-refractivity contribution < 1.29 is 22.7 Å². The number of aromatic nitrogens is 2. The van der Waals surface area contributed by atoms with E-state index in [0.717, 1.165) is 0 Å². The number of anilines is 3. The summed E-state index contributed by atoms with van der Waals surface area (Å²) in [5.41, 5.74) is 0.168. The van der Waals surface area contributed by atoms with Gasteiger partial charge in [0, 0.05) is 17.6 Å². The van der Waals surface area contributed by atoms with Crippen LogP contribution in [0.4, 0.5) is 22.1 Å². The van der Waals surface area contributed by atoms with Crippen LogP contribution in [0.3, 0.4) is 0 Å². The lowest BCUT2D eigenvalue weighted by Gasteiger charge is -2.31. The average molecular weight is 546 g/mol. The van der Waals surface area contributed by atoms with Gasteiger partial charge in [0.1, 0.15) is 24.4 Å². The maximum absolute atomic E-state index is 13.3. The second kappa shape index (κ2) is 8.35. The van der Waals surface area contributed by atoms with Crippen LogP contribution in [-0.4, -0.2) is 54.7 Å². The highest BCUT2D eigenvalue weighted by Crippen LogP contribution is 2.46. The molecule has 0 radical (unpaired) electrons. The Balaban J connectivity index is 1.85. The Hall–Kier alpha value is -2.11. The Kier molecular flexibility index (Phi) is 6.01. The maximum atomic E-state index is 13.3. The van der Waals surface area contributed by atoms with Gasteiger partial charge in [0.2, 0.25) is 0 Å². The van der Waals surface area contributed by atoms with Crippen LogP contribution in [0, 0.1) is 0 Å². The molecule has 0 unspecified atom stereocenters. The highest BCUT2D eigenvalue weighted by Gasteiger charge is 2.36. The summed E-state index contributed by atoms with van der Waals surface area (Å²) in [5.74, 6) is 1.18. The molecule has 2 aliphatic heterocycles. The van der Waals surface area contributed by atoms with Crippen molar-refractivity contribution in [2.75, 3.05) is 34.4 Å². The number of hydrogen-bond acceptors (Lipinski definition) is 8. The molecule has 1 fully saturated rings. The molecule has 0 atom stereocenters. The molecule has 0 aliphatic carbocycles. The summed E-state index contributed by atoms with van der Waals surface area (Å²) < 4.78 is 36.1. The summed E-state index contributed by atoms with van der Waals surface area (Å²) in [7, 11) is -3.07. The molecular weight excluding hydrogens is 524 g/mol. The number of sulfone groups is 1. The van der Waals surface area contributed by atoms with Crippen molar-refractivity contribution >= 4 is 60.8 Å². The summed E-state index contributed by atoms with van der Waals surface area (Å²) in [6.45, 7) is 5.94. The van der Waals surface area contributed by atoms with Gasteiger partial charge in [0.25, 0.3) is 0 Å². The molecule has 1 aromatic carbocycles. The van der Waals surface area contributed by atoms with Crippen LogP contribution in [0.5, 0.6) is 5.75 Å². The molecule has 0 spiro atoms. The van der Waals surface area contributed by atoms with Crippen LogP contribution in [-0.2, 0) is 21.2 Å². The number of rotatable bonds is 1. The minimum atomic E-state index is -3.07. The van der Waals surface area contributed by atoms with E-state index < -0.39 is 21.5 Å². The zero-order valence-electron chi connectivity index (χ0n) is 17.8. The van der Waals surface area contributed by atoms with E-state index in [9.17, 15) is 13.2 Å². The predicted molar refractivity (Wildman–Crippen MR) is 125 cm³/mol. The molecule has 0 bridgehead atoms. The standard InChI is InChI=1S/C20H22BrClN4O5S/c1-20(2,3)31-19(27)26-15-9-12(21)8-14(22)16(15)30-10-13-17(23-11-24-18(13)26)25-4-6-32(28,29)7-5-25/h8-9,11H,4-7,10H2,1-3H3. The molecule has 1 aromatic heterocycles. The van der Waals surface area contributed by atoms with Crippen molar-refractivity contribution in [2.24, 2.45) is 0 Å². The monoisotopic (exact) mass is 544 g/mol. The van der Waals surface area contributed by atoms with Gasteiger partial charge in [-0.2, -0.15) is 0 Å². The molecule has 2 aromatic rings. The van der Waals surface area contributed by atoms with E-state index in [1.807, 2.05) is 4.90 Å². The maximum Gasteiger partial charge on any atom is 0.420 e. The number of ether oxygens (including phenoxy) is 2. The lowest BCUT2D eigenvalue weighted by Crippen LogP contribution is -2.41. The molecule has 32 heavy (non-hydrogen) atoms. The van der Waals surface area contributed by atoms with Crippen LogP contribution in [0.25, 0.3) is 0 Å². The minimum Gasteiger partial charge on any atom is -0.485 e. The zero-order chi connectivity index (χ0) is 23.3. The topological polar surface area (TPSA) is 102 Å². The summed E-state index contributed by atoms with van der Waals surface area (Å²) in [6.07, 6.45) is 0.699. The number of nitrogens with zero attached hydrogens (tertiary/aromatic N) is 4. The van der Waals surface area contributed by atoms with Crippen LogP contribution >= 0.6 is 27.5 Å². The number of fused-ring (bicyclic) bond motifs is 2. The van der Waals surface area contributed by atoms with E-state index in [1.54, 1.807) is 32.9 Å². The van der Waals surface area contributed by atoms with Crippen molar-refractivity contribution in [1.82, 2.24) is 9.97 Å². The van der Waals surface area contributed by atoms with Crippen LogP contribution in [0.15, 0.2) is 22.9 Å². The number of carbonyl (C=O) groups excluding carboxylic acids is 1. The second-order valence-electron chi connectivity index (χ2n) is 8.48. The lowest BCUT2D eigenvalue weighted by molar-refractivity contribution is 0.0598. The third-order valence-corrected chi connectivity index (χ3v) is 7.27. The first-order valence-electron chi connectivity index (χ1n) is 9.89. The van der Waals surface area contributed by atoms with Gasteiger partial charge in [0.05, 0.1) is 27.8 Å². The van der Waals surface area contributed by atoms with Gasteiger partial charge in [-0.05, 0) is 32.9 Å². The highest BCUT2D eigenvalue weighted by atomic mass is 79.9. The Morgan fingerprint density at radius 2 is 1.84 bits per heavy atom. The molecule has 0 saturated carbocycles. The lowest BCUT2D eigenvalue weighted by atomic mass is 10.2. The summed E-state index contributed by atoms with van der Waals surface area (Å²) in [6, 6.07) is 3.38. The number of carbonyl (C=O) groups is 1. The summed E-state index contributed by atoms with van der Waals surface area (Å²) in [4.78, 5) is 25.3. The fraction of sp³-hybridized carbons (Fsp3) is 0.450. The normalized spacial score (nSPS) is 17.7. The van der Waals surface area contributed by atoms with Crippen LogP contribution in [0.1, 0.15) is 26.3 Å². The van der Waals surface area contributed by atoms with E-state index >= 15 is 0 Å². The highest BCUT2D eigenvalue weighted by molar-refractivity contribution is 9.10. The first-order chi connectivity index (χ1) is 15.0. The second-order valence-corrected chi connectivity index (χ2v) is 12.1. The molecule has 9 nitrogen and oxygen atoms in total. The Morgan fingerprint density at radius 1 is 1.19 bits per heavy atom. The zero-order valence-corrected chi connectivity index (χ0v) is 20.9. The molecule has 12 heteroatoms. The summed E-state index contributed by atoms with van der Waals surface area (Å²) in [5, 5.41) is 0.314. The Morgan fingerprint density at radius 3 is 2.50 bits per heavy atom. The fourth-order valence-electron chi connectivity index (χ4n) is 3.52. The molecular formula is C20H22BrClN4O5S. The van der Waals surface area contributed by atoms with Crippen molar-refractivity contribution in [1.29, 1.82) is 0 Å². The molecule has 172 valence electrons. The Labute approximate surface area is 199 Å². The third-order valence-electron chi connectivity index (χ3n) is 4.92. The number of hydrogen-bond donors (Lipinski definition) is 0. The Bertz CT molecular complexity index is 1170. The third kappa shape index (κ3) is 4.65. The summed E-state index contributed by atoms with van der Waals surface area (Å²) >= 11 is 9.85. The van der Waals surface area contributed by atoms with Crippen molar-refractivity contribution in [3.63, 3.8) is 0 Å². The van der Waals surface area contributed by atoms with Gasteiger partial charge < -0.3 is 14.4 Å². The van der Waals surface area contributed by atoms with Crippen molar-refractivity contribution in [3.05, 3.63) is 33.5 Å². The van der Waals surface area contributed by atoms with Crippen molar-refractivity contribution in [2.45, 2.75) is 33.0 Å². The van der Waals surface area contributed by atoms with Gasteiger partial charge in [0.15, 0.2) is 21.4 Å². The van der Waals surface area contributed by atoms with E-state index in [1.165, 1.54) is 11.2 Å². The molecule has 1 amide bonds. The van der Waals surface area contributed by atoms with Crippen LogP contribution in [0.2, 0.25) is 5.02 Å². The average Bonchev–Trinajstić information content (AvgIpc) is 2.83. The number of benzene rings is 1. The van der Waals surface area contributed by atoms with Gasteiger partial charge >= 0.3 is 6.09 Å².